The Morgan fingerprint density at radius 1 is 0.774 bits per heavy atom. The average Bonchev–Trinajstić information content (AvgIpc) is 2.75. The molecule has 0 saturated heterocycles. The van der Waals surface area contributed by atoms with Gasteiger partial charge in [0.05, 0.1) is 6.10 Å². The summed E-state index contributed by atoms with van der Waals surface area (Å²) < 4.78 is 0. The topological polar surface area (TPSA) is 69.6 Å². The van der Waals surface area contributed by atoms with E-state index in [9.17, 15) is 9.90 Å². The fraction of sp³-hybridized carbons (Fsp3) is 0.667. The minimum atomic E-state index is -0.762. The van der Waals surface area contributed by atoms with Crippen LogP contribution in [0.15, 0.2) is 48.6 Å². The van der Waals surface area contributed by atoms with E-state index in [1.165, 1.54) is 25.7 Å². The average molecular weight is 434 g/mol. The molecule has 4 nitrogen and oxygen atoms in total. The first-order valence-electron chi connectivity index (χ1n) is 12.4. The Bertz CT molecular complexity index is 509. The number of carboxylic acids is 1. The lowest BCUT2D eigenvalue weighted by atomic mass is 10.1. The molecular formula is C27H47NO3. The molecule has 0 spiro atoms. The summed E-state index contributed by atoms with van der Waals surface area (Å²) in [6.45, 7) is 3.75. The van der Waals surface area contributed by atoms with Crippen LogP contribution in [0.3, 0.4) is 0 Å². The Hall–Kier alpha value is -1.65. The Kier molecular flexibility index (Phi) is 23.3. The molecule has 3 N–H and O–H groups in total. The highest BCUT2D eigenvalue weighted by Crippen LogP contribution is 2.04. The zero-order valence-corrected chi connectivity index (χ0v) is 19.8. The molecule has 0 amide bonds. The number of aliphatic carboxylic acids is 1. The van der Waals surface area contributed by atoms with Crippen LogP contribution < -0.4 is 5.32 Å². The number of nitrogens with one attached hydrogen (secondary N) is 1. The minimum absolute atomic E-state index is 0.192. The van der Waals surface area contributed by atoms with E-state index in [1.54, 1.807) is 0 Å². The maximum absolute atomic E-state index is 10.4. The van der Waals surface area contributed by atoms with E-state index in [4.69, 9.17) is 5.11 Å². The molecule has 0 fully saturated rings. The lowest BCUT2D eigenvalue weighted by Gasteiger charge is -2.11. The van der Waals surface area contributed by atoms with Crippen LogP contribution in [0, 0.1) is 0 Å². The predicted octanol–water partition coefficient (Wildman–Crippen LogP) is 6.73. The van der Waals surface area contributed by atoms with Crippen molar-refractivity contribution in [2.75, 3.05) is 13.1 Å². The van der Waals surface area contributed by atoms with Crippen molar-refractivity contribution in [2.45, 2.75) is 103 Å². The minimum Gasteiger partial charge on any atom is -0.481 e. The molecule has 31 heavy (non-hydrogen) atoms. The molecule has 1 atom stereocenters. The van der Waals surface area contributed by atoms with E-state index >= 15 is 0 Å². The second-order valence-corrected chi connectivity index (χ2v) is 8.08. The second-order valence-electron chi connectivity index (χ2n) is 8.08. The van der Waals surface area contributed by atoms with Crippen LogP contribution in [0.2, 0.25) is 0 Å². The lowest BCUT2D eigenvalue weighted by Crippen LogP contribution is -2.27. The van der Waals surface area contributed by atoms with Gasteiger partial charge in [0, 0.05) is 13.0 Å². The molecule has 0 aromatic rings. The standard InChI is InChI=1S/C27H47NO3/c1-2-3-4-5-6-7-8-9-10-11-12-13-14-15-16-17-18-21-24-28-25-26(29)22-19-20-23-27(30)31/h6-7,9-10,12-13,15-16,26,28-29H,2-5,8,11,14,17-25H2,1H3,(H,30,31)/b7-6-,10-9-,13-12-,16-15-. The SMILES string of the molecule is CCCCC/C=C\C/C=C\C/C=C\C/C=C\CCCCNCC(O)CCCCC(=O)O. The van der Waals surface area contributed by atoms with Gasteiger partial charge < -0.3 is 15.5 Å². The molecule has 0 aliphatic carbocycles. The van der Waals surface area contributed by atoms with Gasteiger partial charge in [-0.2, -0.15) is 0 Å². The normalized spacial score (nSPS) is 13.4. The number of aliphatic hydroxyl groups is 1. The summed E-state index contributed by atoms with van der Waals surface area (Å²) in [5.74, 6) is -0.762. The van der Waals surface area contributed by atoms with Gasteiger partial charge in [-0.3, -0.25) is 4.79 Å². The largest absolute Gasteiger partial charge is 0.481 e. The highest BCUT2D eigenvalue weighted by molar-refractivity contribution is 5.66. The van der Waals surface area contributed by atoms with Crippen molar-refractivity contribution in [3.8, 4) is 0 Å². The molecule has 0 heterocycles. The van der Waals surface area contributed by atoms with Crippen LogP contribution in [0.1, 0.15) is 96.8 Å². The monoisotopic (exact) mass is 433 g/mol. The third kappa shape index (κ3) is 26.3. The van der Waals surface area contributed by atoms with Crippen LogP contribution in [-0.2, 0) is 4.79 Å². The summed E-state index contributed by atoms with van der Waals surface area (Å²) >= 11 is 0. The summed E-state index contributed by atoms with van der Waals surface area (Å²) in [6.07, 6.45) is 31.4. The zero-order valence-electron chi connectivity index (χ0n) is 19.8. The number of carboxylic acid groups (broad SMARTS) is 1. The van der Waals surface area contributed by atoms with E-state index in [1.807, 2.05) is 0 Å². The highest BCUT2D eigenvalue weighted by atomic mass is 16.4. The van der Waals surface area contributed by atoms with E-state index < -0.39 is 5.97 Å². The molecule has 0 aliphatic heterocycles. The molecule has 0 aromatic heterocycles. The van der Waals surface area contributed by atoms with Crippen molar-refractivity contribution in [1.82, 2.24) is 5.32 Å². The first-order chi connectivity index (χ1) is 15.2. The van der Waals surface area contributed by atoms with Gasteiger partial charge in [-0.15, -0.1) is 0 Å². The van der Waals surface area contributed by atoms with Crippen molar-refractivity contribution in [2.24, 2.45) is 0 Å². The number of allylic oxidation sites excluding steroid dienone is 8. The molecule has 1 unspecified atom stereocenters. The third-order valence-corrected chi connectivity index (χ3v) is 4.99. The van der Waals surface area contributed by atoms with Crippen LogP contribution in [0.5, 0.6) is 0 Å². The quantitative estimate of drug-likeness (QED) is 0.131. The van der Waals surface area contributed by atoms with Crippen LogP contribution in [0.4, 0.5) is 0 Å². The van der Waals surface area contributed by atoms with Crippen molar-refractivity contribution >= 4 is 5.97 Å². The Morgan fingerprint density at radius 3 is 1.87 bits per heavy atom. The van der Waals surface area contributed by atoms with Gasteiger partial charge in [0.15, 0.2) is 0 Å². The molecule has 0 rings (SSSR count). The van der Waals surface area contributed by atoms with E-state index in [2.05, 4.69) is 60.8 Å². The molecular weight excluding hydrogens is 386 g/mol. The van der Waals surface area contributed by atoms with Crippen LogP contribution >= 0.6 is 0 Å². The number of carbonyl (C=O) groups is 1. The maximum atomic E-state index is 10.4. The Balaban J connectivity index is 3.40. The highest BCUT2D eigenvalue weighted by Gasteiger charge is 2.04. The van der Waals surface area contributed by atoms with Gasteiger partial charge in [-0.25, -0.2) is 0 Å². The van der Waals surface area contributed by atoms with E-state index in [0.717, 1.165) is 51.5 Å². The van der Waals surface area contributed by atoms with Gasteiger partial charge in [0.25, 0.3) is 0 Å². The lowest BCUT2D eigenvalue weighted by molar-refractivity contribution is -0.137. The van der Waals surface area contributed by atoms with Gasteiger partial charge in [-0.05, 0) is 70.8 Å². The van der Waals surface area contributed by atoms with Crippen LogP contribution in [0.25, 0.3) is 0 Å². The van der Waals surface area contributed by atoms with Crippen molar-refractivity contribution in [3.05, 3.63) is 48.6 Å². The number of hydrogen-bond donors (Lipinski definition) is 3. The molecule has 0 saturated carbocycles. The van der Waals surface area contributed by atoms with Gasteiger partial charge >= 0.3 is 5.97 Å². The third-order valence-electron chi connectivity index (χ3n) is 4.99. The predicted molar refractivity (Wildman–Crippen MR) is 133 cm³/mol. The van der Waals surface area contributed by atoms with Crippen molar-refractivity contribution in [1.29, 1.82) is 0 Å². The second kappa shape index (κ2) is 24.6. The number of unbranched alkanes of at least 4 members (excludes halogenated alkanes) is 6. The first-order valence-corrected chi connectivity index (χ1v) is 12.4. The van der Waals surface area contributed by atoms with Gasteiger partial charge in [-0.1, -0.05) is 74.8 Å². The molecule has 0 aromatic carbocycles. The summed E-state index contributed by atoms with van der Waals surface area (Å²) in [7, 11) is 0. The molecule has 0 bridgehead atoms. The molecule has 4 heteroatoms. The van der Waals surface area contributed by atoms with Gasteiger partial charge in [0.1, 0.15) is 0 Å². The smallest absolute Gasteiger partial charge is 0.303 e. The molecule has 0 radical (unpaired) electrons. The number of hydrogen-bond acceptors (Lipinski definition) is 3. The summed E-state index contributed by atoms with van der Waals surface area (Å²) in [5, 5.41) is 21.7. The maximum Gasteiger partial charge on any atom is 0.303 e. The fourth-order valence-electron chi connectivity index (χ4n) is 3.10. The number of aliphatic hydroxyl groups excluding tert-OH is 1. The Labute approximate surface area is 191 Å². The summed E-state index contributed by atoms with van der Waals surface area (Å²) in [6, 6.07) is 0. The fourth-order valence-corrected chi connectivity index (χ4v) is 3.10. The Morgan fingerprint density at radius 2 is 1.32 bits per heavy atom. The van der Waals surface area contributed by atoms with Crippen LogP contribution in [-0.4, -0.2) is 35.4 Å². The van der Waals surface area contributed by atoms with Crippen molar-refractivity contribution in [3.63, 3.8) is 0 Å². The zero-order chi connectivity index (χ0) is 22.8. The van der Waals surface area contributed by atoms with Crippen molar-refractivity contribution < 1.29 is 15.0 Å². The first kappa shape index (κ1) is 29.4. The van der Waals surface area contributed by atoms with E-state index in [0.29, 0.717) is 19.4 Å². The van der Waals surface area contributed by atoms with Gasteiger partial charge in [0.2, 0.25) is 0 Å². The summed E-state index contributed by atoms with van der Waals surface area (Å²) in [4.78, 5) is 10.4. The number of rotatable bonds is 22. The molecule has 178 valence electrons. The summed E-state index contributed by atoms with van der Waals surface area (Å²) in [5.41, 5.74) is 0. The van der Waals surface area contributed by atoms with E-state index in [-0.39, 0.29) is 12.5 Å². The molecule has 0 aliphatic rings.